The molecule has 2 aromatic carbocycles. The van der Waals surface area contributed by atoms with Crippen molar-refractivity contribution in [1.29, 1.82) is 0 Å². The maximum atomic E-state index is 12.8. The second-order valence-corrected chi connectivity index (χ2v) is 5.98. The summed E-state index contributed by atoms with van der Waals surface area (Å²) >= 11 is 6.02. The molecule has 142 valence electrons. The molecule has 0 fully saturated rings. The van der Waals surface area contributed by atoms with Crippen LogP contribution in [0.25, 0.3) is 0 Å². The predicted molar refractivity (Wildman–Crippen MR) is 99.9 cm³/mol. The van der Waals surface area contributed by atoms with Crippen LogP contribution in [0.5, 0.6) is 0 Å². The largest absolute Gasteiger partial charge is 0.443 e. The minimum absolute atomic E-state index is 0.0192. The van der Waals surface area contributed by atoms with Crippen LogP contribution >= 0.6 is 11.6 Å². The third kappa shape index (κ3) is 4.33. The van der Waals surface area contributed by atoms with E-state index in [9.17, 15) is 19.7 Å². The molecule has 0 radical (unpaired) electrons. The average Bonchev–Trinajstić information content (AvgIpc) is 3.23. The van der Waals surface area contributed by atoms with Gasteiger partial charge in [-0.15, -0.1) is 0 Å². The highest BCUT2D eigenvalue weighted by Gasteiger charge is 2.27. The number of nitro groups is 1. The van der Waals surface area contributed by atoms with E-state index in [1.54, 1.807) is 30.3 Å². The van der Waals surface area contributed by atoms with Crippen LogP contribution in [0.1, 0.15) is 22.2 Å². The van der Waals surface area contributed by atoms with Gasteiger partial charge < -0.3 is 10.1 Å². The van der Waals surface area contributed by atoms with Gasteiger partial charge in [-0.3, -0.25) is 20.0 Å². The molecule has 2 N–H and O–H groups in total. The predicted octanol–water partition coefficient (Wildman–Crippen LogP) is 3.51. The molecule has 28 heavy (non-hydrogen) atoms. The normalized spacial score (nSPS) is 11.5. The van der Waals surface area contributed by atoms with Crippen LogP contribution in [0.15, 0.2) is 60.8 Å². The molecule has 9 nitrogen and oxygen atoms in total. The second kappa shape index (κ2) is 8.31. The Kier molecular flexibility index (Phi) is 5.66. The van der Waals surface area contributed by atoms with Crippen molar-refractivity contribution in [2.75, 3.05) is 5.32 Å². The molecule has 0 bridgehead atoms. The highest BCUT2D eigenvalue weighted by Crippen LogP contribution is 2.28. The molecule has 0 aliphatic heterocycles. The highest BCUT2D eigenvalue weighted by molar-refractivity contribution is 6.34. The first-order chi connectivity index (χ1) is 13.5. The first kappa shape index (κ1) is 19.1. The van der Waals surface area contributed by atoms with E-state index < -0.39 is 22.9 Å². The summed E-state index contributed by atoms with van der Waals surface area (Å²) in [6, 6.07) is 13.4. The number of hydrogen-bond donors (Lipinski definition) is 2. The lowest BCUT2D eigenvalue weighted by Crippen LogP contribution is -2.26. The quantitative estimate of drug-likeness (QED) is 0.370. The van der Waals surface area contributed by atoms with Gasteiger partial charge >= 0.3 is 5.97 Å². The number of non-ortho nitro benzene ring substituents is 1. The van der Waals surface area contributed by atoms with Crippen molar-refractivity contribution < 1.29 is 19.2 Å². The number of carbonyl (C=O) groups is 2. The Morgan fingerprint density at radius 3 is 2.54 bits per heavy atom. The van der Waals surface area contributed by atoms with Crippen LogP contribution < -0.4 is 5.32 Å². The van der Waals surface area contributed by atoms with E-state index in [4.69, 9.17) is 16.3 Å². The number of carbonyl (C=O) groups excluding carboxylic acids is 2. The van der Waals surface area contributed by atoms with E-state index in [-0.39, 0.29) is 22.1 Å². The first-order valence-electron chi connectivity index (χ1n) is 7.96. The van der Waals surface area contributed by atoms with E-state index in [2.05, 4.69) is 15.5 Å². The summed E-state index contributed by atoms with van der Waals surface area (Å²) in [4.78, 5) is 35.2. The number of nitrogens with zero attached hydrogens (tertiary/aromatic N) is 2. The lowest BCUT2D eigenvalue weighted by molar-refractivity contribution is -0.384. The SMILES string of the molecule is O=C(OC(C(=O)Nc1ccc([N+](=O)[O-])cc1Cl)c1ccccc1)c1ccn[nH]1. The van der Waals surface area contributed by atoms with Gasteiger partial charge in [0.15, 0.2) is 0 Å². The van der Waals surface area contributed by atoms with Crippen molar-refractivity contribution in [3.8, 4) is 0 Å². The number of esters is 1. The molecule has 1 atom stereocenters. The number of benzene rings is 2. The number of amides is 1. The van der Waals surface area contributed by atoms with Crippen molar-refractivity contribution in [2.24, 2.45) is 0 Å². The zero-order valence-electron chi connectivity index (χ0n) is 14.2. The summed E-state index contributed by atoms with van der Waals surface area (Å²) in [5, 5.41) is 19.5. The molecular weight excluding hydrogens is 388 g/mol. The van der Waals surface area contributed by atoms with Crippen LogP contribution in [0.3, 0.4) is 0 Å². The van der Waals surface area contributed by atoms with E-state index in [0.717, 1.165) is 6.07 Å². The fourth-order valence-corrected chi connectivity index (χ4v) is 2.58. The van der Waals surface area contributed by atoms with Gasteiger partial charge in [0.25, 0.3) is 11.6 Å². The van der Waals surface area contributed by atoms with Crippen LogP contribution in [0, 0.1) is 10.1 Å². The van der Waals surface area contributed by atoms with Crippen molar-refractivity contribution in [1.82, 2.24) is 10.2 Å². The molecule has 0 saturated heterocycles. The first-order valence-corrected chi connectivity index (χ1v) is 8.33. The summed E-state index contributed by atoms with van der Waals surface area (Å²) in [5.41, 5.74) is 0.456. The van der Waals surface area contributed by atoms with Gasteiger partial charge in [-0.05, 0) is 12.1 Å². The molecule has 3 aromatic rings. The highest BCUT2D eigenvalue weighted by atomic mass is 35.5. The monoisotopic (exact) mass is 400 g/mol. The van der Waals surface area contributed by atoms with Crippen LogP contribution in [0.4, 0.5) is 11.4 Å². The fourth-order valence-electron chi connectivity index (χ4n) is 2.36. The standard InChI is InChI=1S/C18H13ClN4O5/c19-13-10-12(23(26)27)6-7-14(13)21-17(24)16(11-4-2-1-3-5-11)28-18(25)15-8-9-20-22-15/h1-10,16H,(H,20,22)(H,21,24). The number of hydrogen-bond acceptors (Lipinski definition) is 6. The molecule has 1 heterocycles. The molecular formula is C18H13ClN4O5. The topological polar surface area (TPSA) is 127 Å². The summed E-state index contributed by atoms with van der Waals surface area (Å²) in [7, 11) is 0. The molecule has 1 amide bonds. The number of halogens is 1. The van der Waals surface area contributed by atoms with Crippen LogP contribution in [-0.4, -0.2) is 27.0 Å². The molecule has 1 aromatic heterocycles. The van der Waals surface area contributed by atoms with Gasteiger partial charge in [0.2, 0.25) is 6.10 Å². The van der Waals surface area contributed by atoms with Gasteiger partial charge in [0.05, 0.1) is 15.6 Å². The Bertz CT molecular complexity index is 1010. The molecule has 10 heteroatoms. The second-order valence-electron chi connectivity index (χ2n) is 5.58. The van der Waals surface area contributed by atoms with Crippen LogP contribution in [-0.2, 0) is 9.53 Å². The number of aromatic nitrogens is 2. The maximum absolute atomic E-state index is 12.8. The molecule has 0 saturated carbocycles. The summed E-state index contributed by atoms with van der Waals surface area (Å²) in [6.07, 6.45) is 0.105. The molecule has 3 rings (SSSR count). The van der Waals surface area contributed by atoms with Gasteiger partial charge in [-0.1, -0.05) is 41.9 Å². The lowest BCUT2D eigenvalue weighted by atomic mass is 10.1. The van der Waals surface area contributed by atoms with Crippen molar-refractivity contribution >= 4 is 34.9 Å². The number of rotatable bonds is 6. The Balaban J connectivity index is 1.84. The van der Waals surface area contributed by atoms with E-state index in [1.807, 2.05) is 0 Å². The minimum atomic E-state index is -1.27. The van der Waals surface area contributed by atoms with Gasteiger partial charge in [-0.2, -0.15) is 5.10 Å². The molecule has 0 aliphatic carbocycles. The zero-order chi connectivity index (χ0) is 20.1. The van der Waals surface area contributed by atoms with Crippen molar-refractivity contribution in [3.05, 3.63) is 87.2 Å². The number of H-pyrrole nitrogens is 1. The van der Waals surface area contributed by atoms with Gasteiger partial charge in [-0.25, -0.2) is 4.79 Å². The summed E-state index contributed by atoms with van der Waals surface area (Å²) < 4.78 is 5.34. The van der Waals surface area contributed by atoms with E-state index in [1.165, 1.54) is 24.4 Å². The van der Waals surface area contributed by atoms with E-state index in [0.29, 0.717) is 5.56 Å². The average molecular weight is 401 g/mol. The number of nitrogens with one attached hydrogen (secondary N) is 2. The minimum Gasteiger partial charge on any atom is -0.443 e. The molecule has 0 spiro atoms. The smallest absolute Gasteiger partial charge is 0.357 e. The zero-order valence-corrected chi connectivity index (χ0v) is 14.9. The Morgan fingerprint density at radius 2 is 1.93 bits per heavy atom. The summed E-state index contributed by atoms with van der Waals surface area (Å²) in [6.45, 7) is 0. The Hall–Kier alpha value is -3.72. The maximum Gasteiger partial charge on any atom is 0.357 e. The van der Waals surface area contributed by atoms with Crippen molar-refractivity contribution in [3.63, 3.8) is 0 Å². The molecule has 1 unspecified atom stereocenters. The summed E-state index contributed by atoms with van der Waals surface area (Å²) in [5.74, 6) is -1.44. The third-order valence-electron chi connectivity index (χ3n) is 3.71. The fraction of sp³-hybridized carbons (Fsp3) is 0.0556. The van der Waals surface area contributed by atoms with Crippen LogP contribution in [0.2, 0.25) is 5.02 Å². The van der Waals surface area contributed by atoms with Gasteiger partial charge in [0.1, 0.15) is 5.69 Å². The Morgan fingerprint density at radius 1 is 1.18 bits per heavy atom. The number of aromatic amines is 1. The van der Waals surface area contributed by atoms with E-state index >= 15 is 0 Å². The number of anilines is 1. The number of ether oxygens (including phenoxy) is 1. The molecule has 0 aliphatic rings. The van der Waals surface area contributed by atoms with Gasteiger partial charge in [0, 0.05) is 23.9 Å². The number of nitro benzene ring substituents is 1. The lowest BCUT2D eigenvalue weighted by Gasteiger charge is -2.18. The Labute approximate surface area is 163 Å². The third-order valence-corrected chi connectivity index (χ3v) is 4.02. The van der Waals surface area contributed by atoms with Crippen molar-refractivity contribution in [2.45, 2.75) is 6.10 Å².